The standard InChI is InChI=1S/C30H19N3O2/c34-15-23-19-5-1-3-7-25(19)32-29(23)17-9-11-27-21(13-17)22-14-18(10-12-28(22)31-27)30-24(16-35)20-6-2-4-8-26(20)33-30/h1-16,31-33H. The first-order valence-electron chi connectivity index (χ1n) is 11.4. The van der Waals surface area contributed by atoms with Crippen LogP contribution in [0.15, 0.2) is 84.9 Å². The lowest BCUT2D eigenvalue weighted by atomic mass is 10.0. The number of carbonyl (C=O) groups excluding carboxylic acids is 2. The second-order valence-electron chi connectivity index (χ2n) is 8.80. The van der Waals surface area contributed by atoms with E-state index in [-0.39, 0.29) is 0 Å². The molecule has 0 aliphatic heterocycles. The van der Waals surface area contributed by atoms with Gasteiger partial charge in [0.15, 0.2) is 12.6 Å². The smallest absolute Gasteiger partial charge is 0.152 e. The predicted octanol–water partition coefficient (Wildman–Crippen LogP) is 7.24. The van der Waals surface area contributed by atoms with Crippen LogP contribution in [0.3, 0.4) is 0 Å². The summed E-state index contributed by atoms with van der Waals surface area (Å²) in [6.07, 6.45) is 1.84. The number of rotatable bonds is 4. The van der Waals surface area contributed by atoms with Gasteiger partial charge in [0.1, 0.15) is 0 Å². The molecule has 166 valence electrons. The highest BCUT2D eigenvalue weighted by molar-refractivity contribution is 6.12. The van der Waals surface area contributed by atoms with Crippen LogP contribution in [-0.4, -0.2) is 27.5 Å². The van der Waals surface area contributed by atoms with Gasteiger partial charge in [0.2, 0.25) is 0 Å². The molecule has 0 amide bonds. The molecule has 0 saturated heterocycles. The minimum atomic E-state index is 0.661. The van der Waals surface area contributed by atoms with Crippen LogP contribution in [0.25, 0.3) is 66.1 Å². The molecule has 5 heteroatoms. The third kappa shape index (κ3) is 2.82. The van der Waals surface area contributed by atoms with E-state index in [1.54, 1.807) is 0 Å². The summed E-state index contributed by atoms with van der Waals surface area (Å²) >= 11 is 0. The second kappa shape index (κ2) is 7.30. The Kier molecular flexibility index (Phi) is 4.08. The van der Waals surface area contributed by atoms with Gasteiger partial charge in [-0.1, -0.05) is 48.5 Å². The maximum atomic E-state index is 12.0. The first-order chi connectivity index (χ1) is 17.2. The monoisotopic (exact) mass is 453 g/mol. The van der Waals surface area contributed by atoms with Gasteiger partial charge in [-0.25, -0.2) is 0 Å². The van der Waals surface area contributed by atoms with Gasteiger partial charge in [0, 0.05) is 54.7 Å². The summed E-state index contributed by atoms with van der Waals surface area (Å²) in [5, 5.41) is 3.94. The highest BCUT2D eigenvalue weighted by Crippen LogP contribution is 2.36. The number of aromatic amines is 3. The fourth-order valence-corrected chi connectivity index (χ4v) is 5.24. The summed E-state index contributed by atoms with van der Waals surface area (Å²) in [6, 6.07) is 28.0. The maximum absolute atomic E-state index is 12.0. The van der Waals surface area contributed by atoms with E-state index >= 15 is 0 Å². The minimum Gasteiger partial charge on any atom is -0.355 e. The molecule has 0 bridgehead atoms. The molecule has 0 spiro atoms. The number of aromatic nitrogens is 3. The molecule has 3 heterocycles. The predicted molar refractivity (Wildman–Crippen MR) is 141 cm³/mol. The highest BCUT2D eigenvalue weighted by Gasteiger charge is 2.16. The summed E-state index contributed by atoms with van der Waals surface area (Å²) < 4.78 is 0. The largest absolute Gasteiger partial charge is 0.355 e. The van der Waals surface area contributed by atoms with Gasteiger partial charge in [0.05, 0.1) is 11.4 Å². The number of hydrogen-bond acceptors (Lipinski definition) is 2. The van der Waals surface area contributed by atoms with Crippen LogP contribution in [0.4, 0.5) is 0 Å². The van der Waals surface area contributed by atoms with Gasteiger partial charge in [-0.3, -0.25) is 9.59 Å². The first kappa shape index (κ1) is 19.6. The van der Waals surface area contributed by atoms with Gasteiger partial charge in [-0.15, -0.1) is 0 Å². The number of H-pyrrole nitrogens is 3. The van der Waals surface area contributed by atoms with Crippen molar-refractivity contribution < 1.29 is 9.59 Å². The van der Waals surface area contributed by atoms with Crippen molar-refractivity contribution in [3.8, 4) is 22.5 Å². The summed E-state index contributed by atoms with van der Waals surface area (Å²) in [7, 11) is 0. The Morgan fingerprint density at radius 3 is 1.34 bits per heavy atom. The lowest BCUT2D eigenvalue weighted by Gasteiger charge is -2.03. The minimum absolute atomic E-state index is 0.661. The summed E-state index contributed by atoms with van der Waals surface area (Å²) in [6.45, 7) is 0. The van der Waals surface area contributed by atoms with Crippen LogP contribution in [-0.2, 0) is 0 Å². The molecule has 0 unspecified atom stereocenters. The van der Waals surface area contributed by atoms with Crippen LogP contribution >= 0.6 is 0 Å². The van der Waals surface area contributed by atoms with Crippen LogP contribution in [0, 0.1) is 0 Å². The molecule has 7 aromatic rings. The molecule has 7 rings (SSSR count). The summed E-state index contributed by atoms with van der Waals surface area (Å²) in [5.41, 5.74) is 8.73. The molecule has 0 saturated carbocycles. The van der Waals surface area contributed by atoms with Crippen molar-refractivity contribution in [2.24, 2.45) is 0 Å². The normalized spacial score (nSPS) is 11.7. The number of para-hydroxylation sites is 2. The molecular weight excluding hydrogens is 434 g/mol. The summed E-state index contributed by atoms with van der Waals surface area (Å²) in [4.78, 5) is 34.3. The topological polar surface area (TPSA) is 81.5 Å². The fourth-order valence-electron chi connectivity index (χ4n) is 5.24. The maximum Gasteiger partial charge on any atom is 0.152 e. The zero-order chi connectivity index (χ0) is 23.5. The Labute approximate surface area is 199 Å². The Morgan fingerprint density at radius 1 is 0.457 bits per heavy atom. The Hall–Kier alpha value is -4.90. The Bertz CT molecular complexity index is 1810. The molecule has 0 aliphatic rings. The van der Waals surface area contributed by atoms with Crippen LogP contribution in [0.1, 0.15) is 20.7 Å². The lowest BCUT2D eigenvalue weighted by molar-refractivity contribution is 0.111. The molecule has 3 aromatic heterocycles. The number of hydrogen-bond donors (Lipinski definition) is 3. The Morgan fingerprint density at radius 2 is 0.886 bits per heavy atom. The van der Waals surface area contributed by atoms with Crippen LogP contribution < -0.4 is 0 Å². The number of nitrogens with one attached hydrogen (secondary N) is 3. The molecule has 3 N–H and O–H groups in total. The van der Waals surface area contributed by atoms with Gasteiger partial charge in [0.25, 0.3) is 0 Å². The molecule has 35 heavy (non-hydrogen) atoms. The van der Waals surface area contributed by atoms with Gasteiger partial charge in [-0.2, -0.15) is 0 Å². The molecule has 0 radical (unpaired) electrons. The van der Waals surface area contributed by atoms with E-state index in [0.717, 1.165) is 78.7 Å². The third-order valence-corrected chi connectivity index (χ3v) is 6.90. The van der Waals surface area contributed by atoms with Crippen molar-refractivity contribution in [1.29, 1.82) is 0 Å². The molecule has 0 atom stereocenters. The lowest BCUT2D eigenvalue weighted by Crippen LogP contribution is -1.85. The molecular formula is C30H19N3O2. The highest BCUT2D eigenvalue weighted by atomic mass is 16.1. The van der Waals surface area contributed by atoms with Crippen LogP contribution in [0.5, 0.6) is 0 Å². The van der Waals surface area contributed by atoms with Crippen molar-refractivity contribution in [1.82, 2.24) is 15.0 Å². The van der Waals surface area contributed by atoms with E-state index in [9.17, 15) is 9.59 Å². The average Bonchev–Trinajstić information content (AvgIpc) is 3.58. The average molecular weight is 454 g/mol. The zero-order valence-corrected chi connectivity index (χ0v) is 18.6. The Balaban J connectivity index is 1.45. The first-order valence-corrected chi connectivity index (χ1v) is 11.4. The van der Waals surface area contributed by atoms with Gasteiger partial charge in [-0.05, 0) is 47.5 Å². The van der Waals surface area contributed by atoms with Crippen LogP contribution in [0.2, 0.25) is 0 Å². The molecule has 0 aliphatic carbocycles. The molecule has 4 aromatic carbocycles. The van der Waals surface area contributed by atoms with Gasteiger partial charge < -0.3 is 15.0 Å². The van der Waals surface area contributed by atoms with E-state index < -0.39 is 0 Å². The van der Waals surface area contributed by atoms with Crippen molar-refractivity contribution in [3.63, 3.8) is 0 Å². The van der Waals surface area contributed by atoms with E-state index in [1.165, 1.54) is 0 Å². The quantitative estimate of drug-likeness (QED) is 0.245. The van der Waals surface area contributed by atoms with Crippen molar-refractivity contribution >= 4 is 56.2 Å². The number of benzene rings is 4. The molecule has 5 nitrogen and oxygen atoms in total. The SMILES string of the molecule is O=Cc1c(-c2ccc3[nH]c4ccc(-c5[nH]c6ccccc6c5C=O)cc4c3c2)[nH]c2ccccc12. The summed E-state index contributed by atoms with van der Waals surface area (Å²) in [5.74, 6) is 0. The van der Waals surface area contributed by atoms with Crippen molar-refractivity contribution in [2.45, 2.75) is 0 Å². The van der Waals surface area contributed by atoms with Gasteiger partial charge >= 0.3 is 0 Å². The van der Waals surface area contributed by atoms with E-state index in [1.807, 2.05) is 72.8 Å². The molecule has 0 fully saturated rings. The third-order valence-electron chi connectivity index (χ3n) is 6.90. The van der Waals surface area contributed by atoms with E-state index in [4.69, 9.17) is 0 Å². The van der Waals surface area contributed by atoms with Crippen molar-refractivity contribution in [2.75, 3.05) is 0 Å². The van der Waals surface area contributed by atoms with E-state index in [0.29, 0.717) is 11.1 Å². The van der Waals surface area contributed by atoms with E-state index in [2.05, 4.69) is 27.1 Å². The second-order valence-corrected chi connectivity index (χ2v) is 8.80. The number of aldehydes is 2. The number of carbonyl (C=O) groups is 2. The van der Waals surface area contributed by atoms with Crippen molar-refractivity contribution in [3.05, 3.63) is 96.1 Å². The number of fused-ring (bicyclic) bond motifs is 5. The fraction of sp³-hybridized carbons (Fsp3) is 0. The zero-order valence-electron chi connectivity index (χ0n) is 18.6.